The summed E-state index contributed by atoms with van der Waals surface area (Å²) in [4.78, 5) is 126. The van der Waals surface area contributed by atoms with E-state index in [1.165, 1.54) is 40.5 Å². The van der Waals surface area contributed by atoms with Crippen LogP contribution in [0.1, 0.15) is 201 Å². The maximum Gasteiger partial charge on any atom is 0.427 e. The lowest BCUT2D eigenvalue weighted by Crippen LogP contribution is -2.48. The van der Waals surface area contributed by atoms with E-state index in [0.29, 0.717) is 84.4 Å². The first kappa shape index (κ1) is 70.9. The van der Waals surface area contributed by atoms with E-state index in [0.717, 1.165) is 9.80 Å². The van der Waals surface area contributed by atoms with E-state index in [9.17, 15) is 81.5 Å². The molecule has 6 heterocycles. The van der Waals surface area contributed by atoms with E-state index >= 15 is 0 Å². The fraction of sp³-hybridized carbons (Fsp3) is 0.634. The number of esters is 2. The maximum atomic E-state index is 15.0. The van der Waals surface area contributed by atoms with Gasteiger partial charge in [0.15, 0.2) is 11.6 Å². The van der Waals surface area contributed by atoms with E-state index < -0.39 is 224 Å². The van der Waals surface area contributed by atoms with Gasteiger partial charge in [-0.2, -0.15) is 26.3 Å². The average molecular weight is 1650 g/mol. The van der Waals surface area contributed by atoms with Crippen LogP contribution < -0.4 is 28.4 Å². The van der Waals surface area contributed by atoms with Crippen LogP contribution in [0.4, 0.5) is 26.3 Å². The van der Waals surface area contributed by atoms with Crippen molar-refractivity contribution >= 4 is 88.7 Å². The summed E-state index contributed by atoms with van der Waals surface area (Å²) in [5.74, 6) is -13.5. The lowest BCUT2D eigenvalue weighted by molar-refractivity contribution is -0.257. The normalized spacial score (nSPS) is 31.9. The molecule has 624 valence electrons. The number of alkyl halides is 6. The van der Waals surface area contributed by atoms with Gasteiger partial charge >= 0.3 is 24.3 Å². The predicted octanol–water partition coefficient (Wildman–Crippen LogP) is 12.9. The highest BCUT2D eigenvalue weighted by molar-refractivity contribution is 7.92. The Hall–Kier alpha value is -8.42. The van der Waals surface area contributed by atoms with Gasteiger partial charge in [-0.25, -0.2) is 26.8 Å². The molecule has 4 aliphatic carbocycles. The zero-order valence-electron chi connectivity index (χ0n) is 76.4. The molecule has 0 radical (unpaired) electrons. The second kappa shape index (κ2) is 32.6. The first-order chi connectivity index (χ1) is 58.2. The summed E-state index contributed by atoms with van der Waals surface area (Å²) in [6.45, 7) is -8.45. The van der Waals surface area contributed by atoms with Gasteiger partial charge < -0.3 is 38.2 Å². The Kier molecular flexibility index (Phi) is 20.3. The van der Waals surface area contributed by atoms with E-state index in [1.54, 1.807) is 74.5 Å². The standard InChI is InChI=1S/2C41H52F3N3O9S/c2*1-24-9-7-8-10-27-21-40(27,37(51)46-57(52,53)39(5)14-15-39)22-33(48)32-19-29(55-35-30-12-11-28(54-6)18-26(30)13-16-45-35)23-47(32)36(50)31(25(2)17-24)20-34(49)56-38(3,4)41(42,43)44/h2*8,10-13,16,18,24-25,27,29,31-32H,7,9,14-15,17,19-23H2,1-6H3,(H,46,51)/b2*10-8-/t24-,25+,27+,29+,31-,32-,40+;24-,25-,27-,29-,31+,32+,40-/m01/s1/i2*3D3,4D3. The van der Waals surface area contributed by atoms with Crippen molar-refractivity contribution in [2.75, 3.05) is 27.3 Å². The summed E-state index contributed by atoms with van der Waals surface area (Å²) in [6, 6.07) is 10.9. The highest BCUT2D eigenvalue weighted by Gasteiger charge is 2.65. The molecule has 12 rings (SSSR count). The molecule has 114 heavy (non-hydrogen) atoms. The number of hydrogen-bond donors (Lipinski definition) is 2. The number of halogens is 6. The Morgan fingerprint density at radius 2 is 0.930 bits per heavy atom. The maximum absolute atomic E-state index is 15.0. The molecule has 2 N–H and O–H groups in total. The van der Waals surface area contributed by atoms with Crippen LogP contribution in [0, 0.1) is 58.2 Å². The largest absolute Gasteiger partial charge is 0.497 e. The molecule has 0 unspecified atom stereocenters. The molecule has 4 aliphatic heterocycles. The van der Waals surface area contributed by atoms with Gasteiger partial charge in [-0.1, -0.05) is 52.0 Å². The van der Waals surface area contributed by atoms with Crippen LogP contribution in [0.2, 0.25) is 0 Å². The Bertz CT molecular complexity index is 4780. The van der Waals surface area contributed by atoms with Crippen molar-refractivity contribution in [2.45, 2.75) is 242 Å². The molecule has 2 aromatic carbocycles. The molecule has 2 aromatic heterocycles. The highest BCUT2D eigenvalue weighted by atomic mass is 32.2. The molecule has 24 nitrogen and oxygen atoms in total. The molecular weight excluding hydrogens is 1540 g/mol. The quantitative estimate of drug-likeness (QED) is 0.0531. The van der Waals surface area contributed by atoms with E-state index in [4.69, 9.17) is 35.4 Å². The van der Waals surface area contributed by atoms with E-state index in [2.05, 4.69) is 28.9 Å². The first-order valence-electron chi connectivity index (χ1n) is 44.1. The number of carbonyl (C=O) groups excluding carboxylic acids is 8. The number of fused-ring (bicyclic) bond motifs is 6. The van der Waals surface area contributed by atoms with Gasteiger partial charge in [-0.3, -0.25) is 47.8 Å². The molecular formula is C82H104F6N6O18S2. The first-order valence-corrected chi connectivity index (χ1v) is 41.0. The second-order valence-electron chi connectivity index (χ2n) is 32.9. The molecule has 32 heteroatoms. The minimum Gasteiger partial charge on any atom is -0.497 e. The number of methoxy groups -OCH3 is 2. The Balaban J connectivity index is 0.000000245. The topological polar surface area (TPSA) is 317 Å². The predicted molar refractivity (Wildman–Crippen MR) is 407 cm³/mol. The number of Topliss-reactive ketones (excluding diaryl/α,β-unsaturated/α-hetero) is 2. The molecule has 4 saturated carbocycles. The number of nitrogens with one attached hydrogen (secondary N) is 2. The Morgan fingerprint density at radius 1 is 0.561 bits per heavy atom. The Labute approximate surface area is 677 Å². The van der Waals surface area contributed by atoms with Crippen molar-refractivity contribution < 1.29 is 126 Å². The summed E-state index contributed by atoms with van der Waals surface area (Å²) in [7, 11) is -5.24. The van der Waals surface area contributed by atoms with Crippen molar-refractivity contribution in [2.24, 2.45) is 58.2 Å². The molecule has 4 aromatic rings. The number of allylic oxidation sites excluding steroid dienone is 4. The summed E-state index contributed by atoms with van der Waals surface area (Å²) in [5.41, 5.74) is -12.9. The van der Waals surface area contributed by atoms with Gasteiger partial charge in [0.2, 0.25) is 66.6 Å². The van der Waals surface area contributed by atoms with Crippen LogP contribution in [0.25, 0.3) is 21.5 Å². The number of hydrogen-bond acceptors (Lipinski definition) is 20. The third-order valence-corrected chi connectivity index (χ3v) is 28.4. The van der Waals surface area contributed by atoms with Crippen LogP contribution in [0.3, 0.4) is 0 Å². The molecule has 0 bridgehead atoms. The number of amides is 4. The van der Waals surface area contributed by atoms with Crippen molar-refractivity contribution in [1.82, 2.24) is 29.2 Å². The second-order valence-corrected chi connectivity index (χ2v) is 37.3. The number of nitrogens with zero attached hydrogens (tertiary/aromatic N) is 4. The fourth-order valence-electron chi connectivity index (χ4n) is 16.1. The third-order valence-electron chi connectivity index (χ3n) is 24.1. The zero-order chi connectivity index (χ0) is 93.4. The van der Waals surface area contributed by atoms with Crippen LogP contribution in [0.15, 0.2) is 85.2 Å². The minimum atomic E-state index is -6.10. The fourth-order valence-corrected chi connectivity index (χ4v) is 18.8. The number of pyridine rings is 2. The van der Waals surface area contributed by atoms with Gasteiger partial charge in [-0.15, -0.1) is 0 Å². The number of sulfonamides is 2. The molecule has 8 aliphatic rings. The minimum absolute atomic E-state index is 0.130. The van der Waals surface area contributed by atoms with Gasteiger partial charge in [0.25, 0.3) is 0 Å². The van der Waals surface area contributed by atoms with Gasteiger partial charge in [0.1, 0.15) is 23.7 Å². The van der Waals surface area contributed by atoms with E-state index in [-0.39, 0.29) is 75.2 Å². The van der Waals surface area contributed by atoms with Gasteiger partial charge in [-0.05, 0) is 213 Å². The van der Waals surface area contributed by atoms with Crippen LogP contribution in [-0.2, 0) is 67.9 Å². The Morgan fingerprint density at radius 3 is 1.26 bits per heavy atom. The molecule has 0 spiro atoms. The number of benzene rings is 2. The molecule has 6 fully saturated rings. The van der Waals surface area contributed by atoms with E-state index in [1.807, 2.05) is 26.0 Å². The summed E-state index contributed by atoms with van der Waals surface area (Å²) in [6.07, 6.45) is -3.69. The number of ketones is 2. The van der Waals surface area contributed by atoms with Crippen molar-refractivity contribution in [3.63, 3.8) is 0 Å². The third kappa shape index (κ3) is 18.7. The SMILES string of the molecule is [2H]C([2H])([2H])C(OC(=O)C[C@@H]1C(=O)N2C[C@H](Oc3nccc4cc(OC)ccc34)C[C@H]2C(=O)C[C@]2(C(=O)NS(=O)(=O)C3(C)CC3)C[C@H]2/C=C\CC[C@@H](C)C[C@H]1C)(C([2H])([2H])[2H])C(F)(F)F.[2H]C([2H])([2H])C(OC(=O)C[C@@H]1C(=O)N2C[C@H](Oc3nccc4cc(OC)ccc34)C[C@H]2C(=O)C[C@]2(C(=O)NS(=O)(=O)C3(C)CC3)C[C@H]2/C=C\CC[C@H](C)C[C@H]1C)(C([2H])([2H])[2H])C(F)(F)F. The van der Waals surface area contributed by atoms with Crippen LogP contribution in [-0.4, -0.2) is 168 Å². The van der Waals surface area contributed by atoms with Crippen molar-refractivity contribution in [3.8, 4) is 23.3 Å². The number of aromatic nitrogens is 2. The monoisotopic (exact) mass is 1650 g/mol. The number of ether oxygens (including phenoxy) is 6. The summed E-state index contributed by atoms with van der Waals surface area (Å²) in [5, 5.41) is 2.46. The van der Waals surface area contributed by atoms with Crippen molar-refractivity contribution in [3.05, 3.63) is 85.2 Å². The zero-order valence-corrected chi connectivity index (χ0v) is 66.0. The summed E-state index contributed by atoms with van der Waals surface area (Å²) < 4.78 is 266. The van der Waals surface area contributed by atoms with Gasteiger partial charge in [0, 0.05) is 65.3 Å². The van der Waals surface area contributed by atoms with Gasteiger partial charge in [0.05, 0.1) is 84.4 Å². The van der Waals surface area contributed by atoms with Crippen molar-refractivity contribution in [1.29, 1.82) is 0 Å². The summed E-state index contributed by atoms with van der Waals surface area (Å²) >= 11 is 0. The number of rotatable bonds is 18. The average Bonchev–Trinajstić information content (AvgIpc) is 1.16. The lowest BCUT2D eigenvalue weighted by atomic mass is 9.82. The molecule has 2 saturated heterocycles. The molecule has 4 amide bonds. The molecule has 14 atom stereocenters. The van der Waals surface area contributed by atoms with Crippen LogP contribution >= 0.6 is 0 Å². The van der Waals surface area contributed by atoms with Crippen LogP contribution in [0.5, 0.6) is 23.3 Å². The number of carbonyl (C=O) groups is 8. The smallest absolute Gasteiger partial charge is 0.427 e. The lowest BCUT2D eigenvalue weighted by Gasteiger charge is -2.33. The highest BCUT2D eigenvalue weighted by Crippen LogP contribution is 2.60.